The number of fused-ring (bicyclic) bond motifs is 1. The number of carboxylic acids is 1. The first-order valence-corrected chi connectivity index (χ1v) is 8.34. The van der Waals surface area contributed by atoms with Gasteiger partial charge in [-0.25, -0.2) is 0 Å². The summed E-state index contributed by atoms with van der Waals surface area (Å²) in [5.41, 5.74) is 1.45. The van der Waals surface area contributed by atoms with Crippen LogP contribution in [0.15, 0.2) is 24.4 Å². The van der Waals surface area contributed by atoms with E-state index in [1.54, 1.807) is 29.3 Å². The van der Waals surface area contributed by atoms with Gasteiger partial charge in [-0.2, -0.15) is 5.26 Å². The number of ether oxygens (including phenoxy) is 1. The second-order valence-corrected chi connectivity index (χ2v) is 6.18. The summed E-state index contributed by atoms with van der Waals surface area (Å²) in [5.74, 6) is -0.418. The van der Waals surface area contributed by atoms with Crippen LogP contribution in [0.1, 0.15) is 18.5 Å². The SMILES string of the molecule is CC(=O)N1CCN([C@@H](C(=O)O)c2c[nH]c3ccc(OCC#N)cc23)CC1. The number of carbonyl (C=O) groups excluding carboxylic acids is 1. The van der Waals surface area contributed by atoms with Gasteiger partial charge >= 0.3 is 5.97 Å². The molecule has 3 rings (SSSR count). The quantitative estimate of drug-likeness (QED) is 0.837. The number of rotatable bonds is 5. The number of nitrogens with one attached hydrogen (secondary N) is 1. The lowest BCUT2D eigenvalue weighted by Crippen LogP contribution is -2.50. The molecule has 1 aliphatic heterocycles. The largest absolute Gasteiger partial charge is 0.480 e. The summed E-state index contributed by atoms with van der Waals surface area (Å²) >= 11 is 0. The van der Waals surface area contributed by atoms with Gasteiger partial charge in [0.1, 0.15) is 17.9 Å². The average Bonchev–Trinajstić information content (AvgIpc) is 3.03. The van der Waals surface area contributed by atoms with E-state index in [0.717, 1.165) is 10.9 Å². The van der Waals surface area contributed by atoms with Crippen LogP contribution >= 0.6 is 0 Å². The minimum atomic E-state index is -0.939. The fourth-order valence-corrected chi connectivity index (χ4v) is 3.33. The Hall–Kier alpha value is -3.05. The number of benzene rings is 1. The molecule has 8 nitrogen and oxygen atoms in total. The number of aliphatic carboxylic acids is 1. The highest BCUT2D eigenvalue weighted by atomic mass is 16.5. The second kappa shape index (κ2) is 7.45. The third-order valence-corrected chi connectivity index (χ3v) is 4.64. The van der Waals surface area contributed by atoms with E-state index in [9.17, 15) is 14.7 Å². The van der Waals surface area contributed by atoms with Crippen molar-refractivity contribution < 1.29 is 19.4 Å². The number of nitrogens with zero attached hydrogens (tertiary/aromatic N) is 3. The zero-order chi connectivity index (χ0) is 18.7. The van der Waals surface area contributed by atoms with E-state index >= 15 is 0 Å². The fraction of sp³-hybridized carbons (Fsp3) is 0.389. The molecule has 0 aliphatic carbocycles. The Morgan fingerprint density at radius 3 is 2.69 bits per heavy atom. The van der Waals surface area contributed by atoms with Crippen molar-refractivity contribution in [3.05, 3.63) is 30.0 Å². The molecule has 26 heavy (non-hydrogen) atoms. The van der Waals surface area contributed by atoms with Gasteiger partial charge in [-0.3, -0.25) is 14.5 Å². The summed E-state index contributed by atoms with van der Waals surface area (Å²) in [6.07, 6.45) is 1.70. The topological polar surface area (TPSA) is 110 Å². The molecule has 0 radical (unpaired) electrons. The number of aromatic nitrogens is 1. The van der Waals surface area contributed by atoms with Crippen molar-refractivity contribution in [2.75, 3.05) is 32.8 Å². The third kappa shape index (κ3) is 3.48. The highest BCUT2D eigenvalue weighted by Crippen LogP contribution is 2.31. The Morgan fingerprint density at radius 1 is 1.35 bits per heavy atom. The van der Waals surface area contributed by atoms with Crippen molar-refractivity contribution in [2.45, 2.75) is 13.0 Å². The lowest BCUT2D eigenvalue weighted by Gasteiger charge is -2.37. The molecule has 1 saturated heterocycles. The average molecular weight is 356 g/mol. The van der Waals surface area contributed by atoms with Gasteiger partial charge < -0.3 is 19.7 Å². The van der Waals surface area contributed by atoms with Crippen molar-refractivity contribution in [2.24, 2.45) is 0 Å². The van der Waals surface area contributed by atoms with Crippen molar-refractivity contribution in [3.8, 4) is 11.8 Å². The molecule has 136 valence electrons. The van der Waals surface area contributed by atoms with Crippen molar-refractivity contribution >= 4 is 22.8 Å². The molecular formula is C18H20N4O4. The summed E-state index contributed by atoms with van der Waals surface area (Å²) < 4.78 is 5.33. The van der Waals surface area contributed by atoms with Crippen molar-refractivity contribution in [1.29, 1.82) is 5.26 Å². The Morgan fingerprint density at radius 2 is 2.08 bits per heavy atom. The van der Waals surface area contributed by atoms with Crippen LogP contribution in [0.25, 0.3) is 10.9 Å². The second-order valence-electron chi connectivity index (χ2n) is 6.18. The van der Waals surface area contributed by atoms with Gasteiger partial charge in [0, 0.05) is 55.8 Å². The van der Waals surface area contributed by atoms with Crippen molar-refractivity contribution in [3.63, 3.8) is 0 Å². The lowest BCUT2D eigenvalue weighted by molar-refractivity contribution is -0.144. The predicted molar refractivity (Wildman–Crippen MR) is 93.6 cm³/mol. The number of hydrogen-bond acceptors (Lipinski definition) is 5. The molecule has 0 unspecified atom stereocenters. The number of carboxylic acid groups (broad SMARTS) is 1. The molecule has 0 bridgehead atoms. The van der Waals surface area contributed by atoms with Crippen LogP contribution < -0.4 is 4.74 Å². The zero-order valence-electron chi connectivity index (χ0n) is 14.4. The van der Waals surface area contributed by atoms with Gasteiger partial charge in [0.2, 0.25) is 5.91 Å². The molecule has 2 aromatic rings. The Labute approximate surface area is 150 Å². The number of hydrogen-bond donors (Lipinski definition) is 2. The third-order valence-electron chi connectivity index (χ3n) is 4.64. The molecule has 1 aromatic heterocycles. The maximum absolute atomic E-state index is 12.0. The van der Waals surface area contributed by atoms with Gasteiger partial charge in [0.25, 0.3) is 0 Å². The summed E-state index contributed by atoms with van der Waals surface area (Å²) in [7, 11) is 0. The van der Waals surface area contributed by atoms with Crippen LogP contribution in [-0.4, -0.2) is 64.6 Å². The number of amides is 1. The maximum Gasteiger partial charge on any atom is 0.325 e. The normalized spacial score (nSPS) is 16.2. The van der Waals surface area contributed by atoms with E-state index in [0.29, 0.717) is 37.5 Å². The molecule has 1 aromatic carbocycles. The first-order chi connectivity index (χ1) is 12.5. The Kier molecular flexibility index (Phi) is 5.09. The standard InChI is InChI=1S/C18H20N4O4/c1-12(23)21-5-7-22(8-6-21)17(18(24)25)15-11-20-16-3-2-13(10-14(15)16)26-9-4-19/h2-3,10-11,17,20H,5-9H2,1H3,(H,24,25)/t17-/m1/s1. The molecule has 1 fully saturated rings. The monoisotopic (exact) mass is 356 g/mol. The van der Waals surface area contributed by atoms with Gasteiger partial charge in [0.05, 0.1) is 0 Å². The number of nitriles is 1. The van der Waals surface area contributed by atoms with E-state index in [4.69, 9.17) is 10.00 Å². The van der Waals surface area contributed by atoms with Crippen LogP contribution in [0.5, 0.6) is 5.75 Å². The van der Waals surface area contributed by atoms with E-state index in [1.165, 1.54) is 6.92 Å². The molecule has 1 atom stereocenters. The maximum atomic E-state index is 12.0. The smallest absolute Gasteiger partial charge is 0.325 e. The zero-order valence-corrected chi connectivity index (χ0v) is 14.4. The van der Waals surface area contributed by atoms with Crippen LogP contribution in [-0.2, 0) is 9.59 Å². The number of H-pyrrole nitrogens is 1. The minimum absolute atomic E-state index is 0.00269. The Balaban J connectivity index is 1.90. The first-order valence-electron chi connectivity index (χ1n) is 8.34. The number of aromatic amines is 1. The number of piperazine rings is 1. The fourth-order valence-electron chi connectivity index (χ4n) is 3.33. The minimum Gasteiger partial charge on any atom is -0.480 e. The van der Waals surface area contributed by atoms with Crippen molar-refractivity contribution in [1.82, 2.24) is 14.8 Å². The molecule has 2 N–H and O–H groups in total. The summed E-state index contributed by atoms with van der Waals surface area (Å²) in [6.45, 7) is 3.46. The lowest BCUT2D eigenvalue weighted by atomic mass is 10.0. The molecular weight excluding hydrogens is 336 g/mol. The molecule has 8 heteroatoms. The predicted octanol–water partition coefficient (Wildman–Crippen LogP) is 1.36. The summed E-state index contributed by atoms with van der Waals surface area (Å²) in [6, 6.07) is 6.39. The molecule has 2 heterocycles. The van der Waals surface area contributed by atoms with Gasteiger partial charge in [-0.1, -0.05) is 0 Å². The van der Waals surface area contributed by atoms with Crippen LogP contribution in [0, 0.1) is 11.3 Å². The van der Waals surface area contributed by atoms with E-state index in [-0.39, 0.29) is 12.5 Å². The molecule has 1 aliphatic rings. The van der Waals surface area contributed by atoms with Crippen LogP contribution in [0.3, 0.4) is 0 Å². The van der Waals surface area contributed by atoms with Crippen LogP contribution in [0.4, 0.5) is 0 Å². The highest BCUT2D eigenvalue weighted by Gasteiger charge is 2.32. The Bertz CT molecular complexity index is 862. The molecule has 1 amide bonds. The van der Waals surface area contributed by atoms with Gasteiger partial charge in [0.15, 0.2) is 6.61 Å². The van der Waals surface area contributed by atoms with Gasteiger partial charge in [-0.05, 0) is 18.2 Å². The summed E-state index contributed by atoms with van der Waals surface area (Å²) in [4.78, 5) is 30.2. The first kappa shape index (κ1) is 17.8. The highest BCUT2D eigenvalue weighted by molar-refractivity contribution is 5.90. The summed E-state index contributed by atoms with van der Waals surface area (Å²) in [5, 5.41) is 19.2. The van der Waals surface area contributed by atoms with E-state index in [2.05, 4.69) is 4.98 Å². The molecule has 0 spiro atoms. The van der Waals surface area contributed by atoms with Gasteiger partial charge in [-0.15, -0.1) is 0 Å². The van der Waals surface area contributed by atoms with Crippen LogP contribution in [0.2, 0.25) is 0 Å². The van der Waals surface area contributed by atoms with E-state index in [1.807, 2.05) is 11.0 Å². The van der Waals surface area contributed by atoms with E-state index < -0.39 is 12.0 Å². The number of carbonyl (C=O) groups is 2. The molecule has 0 saturated carbocycles.